The molecule has 0 atom stereocenters. The summed E-state index contributed by atoms with van der Waals surface area (Å²) in [5.41, 5.74) is 6.02. The molecular weight excluding hydrogens is 180 g/mol. The fraction of sp³-hybridized carbons (Fsp3) is 0.778. The van der Waals surface area contributed by atoms with Gasteiger partial charge in [-0.25, -0.2) is 0 Å². The molecule has 14 heavy (non-hydrogen) atoms. The molecule has 1 aromatic rings. The average molecular weight is 198 g/mol. The number of hydrogen-bond donors (Lipinski definition) is 2. The number of aliphatic hydroxyl groups excluding tert-OH is 1. The van der Waals surface area contributed by atoms with E-state index in [0.29, 0.717) is 5.69 Å². The smallest absolute Gasteiger partial charge is 0.108 e. The molecule has 3 N–H and O–H groups in total. The summed E-state index contributed by atoms with van der Waals surface area (Å²) in [4.78, 5) is 0. The van der Waals surface area contributed by atoms with Gasteiger partial charge in [0.1, 0.15) is 5.69 Å². The summed E-state index contributed by atoms with van der Waals surface area (Å²) >= 11 is 0. The molecule has 0 saturated heterocycles. The Hall–Kier alpha value is -0.940. The molecule has 0 radical (unpaired) electrons. The fourth-order valence-corrected chi connectivity index (χ4v) is 1.29. The van der Waals surface area contributed by atoms with Crippen molar-refractivity contribution in [3.8, 4) is 0 Å². The number of nitrogens with two attached hydrogens (primary N) is 1. The quantitative estimate of drug-likeness (QED) is 0.617. The van der Waals surface area contributed by atoms with E-state index in [2.05, 4.69) is 10.3 Å². The third kappa shape index (κ3) is 3.85. The second-order valence-corrected chi connectivity index (χ2v) is 3.33. The van der Waals surface area contributed by atoms with Gasteiger partial charge in [0.2, 0.25) is 0 Å². The van der Waals surface area contributed by atoms with Crippen LogP contribution in [0, 0.1) is 0 Å². The Kier molecular flexibility index (Phi) is 5.17. The summed E-state index contributed by atoms with van der Waals surface area (Å²) in [6, 6.07) is 0. The Labute approximate surface area is 83.9 Å². The van der Waals surface area contributed by atoms with Crippen molar-refractivity contribution >= 4 is 0 Å². The molecule has 1 rings (SSSR count). The Morgan fingerprint density at radius 1 is 1.29 bits per heavy atom. The predicted molar refractivity (Wildman–Crippen MR) is 53.5 cm³/mol. The van der Waals surface area contributed by atoms with Crippen LogP contribution in [0.3, 0.4) is 0 Å². The van der Waals surface area contributed by atoms with Gasteiger partial charge in [0, 0.05) is 6.54 Å². The number of rotatable bonds is 7. The monoisotopic (exact) mass is 198 g/mol. The summed E-state index contributed by atoms with van der Waals surface area (Å²) in [6.07, 6.45) is 6.32. The second kappa shape index (κ2) is 6.50. The predicted octanol–water partition coefficient (Wildman–Crippen LogP) is 0.289. The van der Waals surface area contributed by atoms with Gasteiger partial charge in [-0.05, 0) is 19.4 Å². The lowest BCUT2D eigenvalue weighted by Gasteiger charge is -1.99. The highest BCUT2D eigenvalue weighted by Gasteiger charge is 1.97. The summed E-state index contributed by atoms with van der Waals surface area (Å²) in [6.45, 7) is 1.61. The number of hydrogen-bond acceptors (Lipinski definition) is 4. The lowest BCUT2D eigenvalue weighted by Crippen LogP contribution is -2.00. The van der Waals surface area contributed by atoms with Crippen LogP contribution in [0.1, 0.15) is 31.4 Å². The minimum Gasteiger partial charge on any atom is -0.390 e. The zero-order valence-electron chi connectivity index (χ0n) is 8.39. The summed E-state index contributed by atoms with van der Waals surface area (Å²) in [5, 5.41) is 16.4. The topological polar surface area (TPSA) is 77.0 Å². The molecule has 0 aromatic carbocycles. The van der Waals surface area contributed by atoms with Crippen molar-refractivity contribution in [2.45, 2.75) is 38.8 Å². The van der Waals surface area contributed by atoms with Crippen molar-refractivity contribution in [1.82, 2.24) is 15.0 Å². The zero-order valence-corrected chi connectivity index (χ0v) is 8.39. The summed E-state index contributed by atoms with van der Waals surface area (Å²) in [7, 11) is 0. The van der Waals surface area contributed by atoms with Crippen molar-refractivity contribution in [3.63, 3.8) is 0 Å². The lowest BCUT2D eigenvalue weighted by atomic mass is 10.2. The molecule has 5 nitrogen and oxygen atoms in total. The molecule has 0 unspecified atom stereocenters. The van der Waals surface area contributed by atoms with E-state index in [0.717, 1.165) is 25.9 Å². The van der Waals surface area contributed by atoms with Gasteiger partial charge in [0.05, 0.1) is 12.8 Å². The SMILES string of the molecule is NCCCCCCn1cc(CO)nn1. The van der Waals surface area contributed by atoms with E-state index in [-0.39, 0.29) is 6.61 Å². The van der Waals surface area contributed by atoms with Crippen LogP contribution >= 0.6 is 0 Å². The molecule has 0 fully saturated rings. The molecule has 80 valence electrons. The van der Waals surface area contributed by atoms with Crippen molar-refractivity contribution in [3.05, 3.63) is 11.9 Å². The molecule has 0 aliphatic heterocycles. The first-order chi connectivity index (χ1) is 6.86. The van der Waals surface area contributed by atoms with Crippen LogP contribution in [0.2, 0.25) is 0 Å². The van der Waals surface area contributed by atoms with E-state index in [1.165, 1.54) is 12.8 Å². The second-order valence-electron chi connectivity index (χ2n) is 3.33. The Balaban J connectivity index is 2.12. The van der Waals surface area contributed by atoms with Crippen LogP contribution in [-0.4, -0.2) is 26.6 Å². The molecule has 1 aromatic heterocycles. The first-order valence-corrected chi connectivity index (χ1v) is 5.06. The maximum absolute atomic E-state index is 8.76. The molecule has 0 amide bonds. The molecule has 0 aliphatic rings. The lowest BCUT2D eigenvalue weighted by molar-refractivity contribution is 0.276. The number of aryl methyl sites for hydroxylation is 1. The third-order valence-corrected chi connectivity index (χ3v) is 2.09. The minimum atomic E-state index is -0.0346. The molecule has 0 aliphatic carbocycles. The van der Waals surface area contributed by atoms with Gasteiger partial charge in [-0.1, -0.05) is 18.1 Å². The van der Waals surface area contributed by atoms with Crippen LogP contribution in [0.15, 0.2) is 6.20 Å². The maximum atomic E-state index is 8.76. The summed E-state index contributed by atoms with van der Waals surface area (Å²) in [5.74, 6) is 0. The van der Waals surface area contributed by atoms with Crippen LogP contribution in [0.25, 0.3) is 0 Å². The molecule has 5 heteroatoms. The van der Waals surface area contributed by atoms with Crippen LogP contribution in [-0.2, 0) is 13.2 Å². The molecule has 0 bridgehead atoms. The highest BCUT2D eigenvalue weighted by Crippen LogP contribution is 2.01. The van der Waals surface area contributed by atoms with Gasteiger partial charge in [0.25, 0.3) is 0 Å². The fourth-order valence-electron chi connectivity index (χ4n) is 1.29. The molecule has 0 spiro atoms. The van der Waals surface area contributed by atoms with E-state index in [1.807, 2.05) is 0 Å². The third-order valence-electron chi connectivity index (χ3n) is 2.09. The molecular formula is C9H18N4O. The zero-order chi connectivity index (χ0) is 10.2. The van der Waals surface area contributed by atoms with E-state index in [4.69, 9.17) is 10.8 Å². The Morgan fingerprint density at radius 3 is 2.71 bits per heavy atom. The largest absolute Gasteiger partial charge is 0.390 e. The van der Waals surface area contributed by atoms with Gasteiger partial charge in [0.15, 0.2) is 0 Å². The Bertz CT molecular complexity index is 249. The van der Waals surface area contributed by atoms with Gasteiger partial charge in [-0.15, -0.1) is 5.10 Å². The summed E-state index contributed by atoms with van der Waals surface area (Å²) < 4.78 is 1.77. The van der Waals surface area contributed by atoms with Crippen molar-refractivity contribution < 1.29 is 5.11 Å². The van der Waals surface area contributed by atoms with Crippen molar-refractivity contribution in [2.75, 3.05) is 6.54 Å². The first-order valence-electron chi connectivity index (χ1n) is 5.06. The average Bonchev–Trinajstić information content (AvgIpc) is 2.65. The van der Waals surface area contributed by atoms with Crippen LogP contribution in [0.5, 0.6) is 0 Å². The number of nitrogens with zero attached hydrogens (tertiary/aromatic N) is 3. The first kappa shape index (κ1) is 11.1. The van der Waals surface area contributed by atoms with Gasteiger partial charge in [-0.2, -0.15) is 0 Å². The van der Waals surface area contributed by atoms with E-state index < -0.39 is 0 Å². The van der Waals surface area contributed by atoms with Crippen LogP contribution < -0.4 is 5.73 Å². The Morgan fingerprint density at radius 2 is 2.07 bits per heavy atom. The van der Waals surface area contributed by atoms with E-state index in [1.54, 1.807) is 10.9 Å². The van der Waals surface area contributed by atoms with Gasteiger partial charge in [-0.3, -0.25) is 4.68 Å². The van der Waals surface area contributed by atoms with Gasteiger partial charge < -0.3 is 10.8 Å². The highest BCUT2D eigenvalue weighted by atomic mass is 16.3. The van der Waals surface area contributed by atoms with Gasteiger partial charge >= 0.3 is 0 Å². The minimum absolute atomic E-state index is 0.0346. The molecule has 1 heterocycles. The van der Waals surface area contributed by atoms with E-state index >= 15 is 0 Å². The number of unbranched alkanes of at least 4 members (excludes halogenated alkanes) is 3. The van der Waals surface area contributed by atoms with Crippen LogP contribution in [0.4, 0.5) is 0 Å². The van der Waals surface area contributed by atoms with Crippen molar-refractivity contribution in [1.29, 1.82) is 0 Å². The normalized spacial score (nSPS) is 10.7. The van der Waals surface area contributed by atoms with Crippen molar-refractivity contribution in [2.24, 2.45) is 5.73 Å². The number of aliphatic hydroxyl groups is 1. The van der Waals surface area contributed by atoms with E-state index in [9.17, 15) is 0 Å². The maximum Gasteiger partial charge on any atom is 0.108 e. The number of aromatic nitrogens is 3. The standard InChI is InChI=1S/C9H18N4O/c10-5-3-1-2-4-6-13-7-9(8-14)11-12-13/h7,14H,1-6,8,10H2. The highest BCUT2D eigenvalue weighted by molar-refractivity contribution is 4.88. The molecule has 0 saturated carbocycles.